The van der Waals surface area contributed by atoms with Crippen LogP contribution in [0.2, 0.25) is 0 Å². The number of alkyl halides is 5. The van der Waals surface area contributed by atoms with Crippen molar-refractivity contribution in [3.8, 4) is 0 Å². The van der Waals surface area contributed by atoms with Crippen LogP contribution in [0.4, 0.5) is 22.0 Å². The van der Waals surface area contributed by atoms with Crippen molar-refractivity contribution in [1.29, 1.82) is 0 Å². The van der Waals surface area contributed by atoms with E-state index in [-0.39, 0.29) is 0 Å². The maximum absolute atomic E-state index is 12.9. The lowest BCUT2D eigenvalue weighted by molar-refractivity contribution is -0.289. The molecule has 1 saturated carbocycles. The lowest BCUT2D eigenvalue weighted by atomic mass is 10.0. The van der Waals surface area contributed by atoms with Gasteiger partial charge >= 0.3 is 12.1 Å². The molecule has 0 unspecified atom stereocenters. The molecule has 0 bridgehead atoms. The smallest absolute Gasteiger partial charge is 0.385 e. The van der Waals surface area contributed by atoms with Crippen molar-refractivity contribution in [2.45, 2.75) is 30.5 Å². The maximum atomic E-state index is 12.9. The summed E-state index contributed by atoms with van der Waals surface area (Å²) in [5, 5.41) is 9.64. The molecule has 17 heavy (non-hydrogen) atoms. The van der Waals surface area contributed by atoms with Crippen LogP contribution in [0.5, 0.6) is 0 Å². The van der Waals surface area contributed by atoms with Gasteiger partial charge in [0.15, 0.2) is 0 Å². The summed E-state index contributed by atoms with van der Waals surface area (Å²) in [4.78, 5) is 0. The number of aliphatic hydroxyl groups is 1. The summed E-state index contributed by atoms with van der Waals surface area (Å²) in [7, 11) is 0. The van der Waals surface area contributed by atoms with E-state index in [4.69, 9.17) is 0 Å². The summed E-state index contributed by atoms with van der Waals surface area (Å²) in [6.07, 6.45) is -4.60. The minimum Gasteiger partial charge on any atom is -0.385 e. The molecule has 1 nitrogen and oxygen atoms in total. The van der Waals surface area contributed by atoms with E-state index in [1.165, 1.54) is 0 Å². The topological polar surface area (TPSA) is 20.2 Å². The Labute approximate surface area is 93.9 Å². The monoisotopic (exact) mass is 252 g/mol. The number of benzene rings is 1. The summed E-state index contributed by atoms with van der Waals surface area (Å²) in [6, 6.07) is 3.64. The molecule has 1 fully saturated rings. The van der Waals surface area contributed by atoms with E-state index >= 15 is 0 Å². The molecule has 0 radical (unpaired) electrons. The van der Waals surface area contributed by atoms with Gasteiger partial charge in [0.1, 0.15) is 0 Å². The Balaban J connectivity index is 2.29. The van der Waals surface area contributed by atoms with Crippen molar-refractivity contribution < 1.29 is 27.1 Å². The average Bonchev–Trinajstić information content (AvgIpc) is 2.96. The fraction of sp³-hybridized carbons (Fsp3) is 0.455. The quantitative estimate of drug-likeness (QED) is 0.800. The van der Waals surface area contributed by atoms with Gasteiger partial charge in [0, 0.05) is 5.56 Å². The highest BCUT2D eigenvalue weighted by molar-refractivity contribution is 5.32. The molecule has 0 spiro atoms. The van der Waals surface area contributed by atoms with E-state index in [2.05, 4.69) is 0 Å². The highest BCUT2D eigenvalue weighted by Crippen LogP contribution is 2.47. The zero-order valence-corrected chi connectivity index (χ0v) is 8.56. The van der Waals surface area contributed by atoms with Gasteiger partial charge in [0.25, 0.3) is 0 Å². The Morgan fingerprint density at radius 2 is 1.41 bits per heavy atom. The fourth-order valence-electron chi connectivity index (χ4n) is 1.56. The fourth-order valence-corrected chi connectivity index (χ4v) is 1.56. The van der Waals surface area contributed by atoms with Gasteiger partial charge in [-0.3, -0.25) is 0 Å². The third-order valence-corrected chi connectivity index (χ3v) is 2.86. The predicted molar refractivity (Wildman–Crippen MR) is 49.5 cm³/mol. The van der Waals surface area contributed by atoms with Gasteiger partial charge < -0.3 is 5.11 Å². The Hall–Kier alpha value is -1.17. The van der Waals surface area contributed by atoms with Crippen molar-refractivity contribution in [3.63, 3.8) is 0 Å². The first kappa shape index (κ1) is 12.3. The summed E-state index contributed by atoms with van der Waals surface area (Å²) >= 11 is 0. The van der Waals surface area contributed by atoms with Gasteiger partial charge in [-0.25, -0.2) is 0 Å². The minimum absolute atomic E-state index is 0.374. The van der Waals surface area contributed by atoms with Crippen molar-refractivity contribution in [1.82, 2.24) is 0 Å². The highest BCUT2D eigenvalue weighted by Gasteiger charge is 2.58. The normalized spacial score (nSPS) is 19.2. The van der Waals surface area contributed by atoms with E-state index in [1.54, 1.807) is 0 Å². The second-order valence-electron chi connectivity index (χ2n) is 4.18. The Bertz CT molecular complexity index is 416. The number of hydrogen-bond acceptors (Lipinski definition) is 1. The second-order valence-corrected chi connectivity index (χ2v) is 4.18. The highest BCUT2D eigenvalue weighted by atomic mass is 19.4. The van der Waals surface area contributed by atoms with Crippen LogP contribution >= 0.6 is 0 Å². The molecule has 0 amide bonds. The third-order valence-electron chi connectivity index (χ3n) is 2.86. The number of halogens is 5. The third kappa shape index (κ3) is 2.01. The molecular formula is C11H9F5O. The molecule has 0 atom stereocenters. The summed E-state index contributed by atoms with van der Waals surface area (Å²) < 4.78 is 62.0. The van der Waals surface area contributed by atoms with Crippen LogP contribution in [0.25, 0.3) is 0 Å². The van der Waals surface area contributed by atoms with Crippen LogP contribution in [0, 0.1) is 0 Å². The predicted octanol–water partition coefficient (Wildman–Crippen LogP) is 3.32. The van der Waals surface area contributed by atoms with Gasteiger partial charge in [-0.05, 0) is 18.4 Å². The Kier molecular flexibility index (Phi) is 2.47. The second kappa shape index (κ2) is 3.41. The van der Waals surface area contributed by atoms with Gasteiger partial charge in [-0.15, -0.1) is 0 Å². The molecule has 0 heterocycles. The first-order valence-electron chi connectivity index (χ1n) is 4.95. The largest absolute Gasteiger partial charge is 0.458 e. The number of rotatable bonds is 2. The Morgan fingerprint density at radius 1 is 0.941 bits per heavy atom. The van der Waals surface area contributed by atoms with E-state index in [0.717, 1.165) is 12.1 Å². The summed E-state index contributed by atoms with van der Waals surface area (Å²) in [6.45, 7) is 0. The van der Waals surface area contributed by atoms with Crippen LogP contribution in [0.1, 0.15) is 24.0 Å². The average molecular weight is 252 g/mol. The van der Waals surface area contributed by atoms with Gasteiger partial charge in [-0.1, -0.05) is 24.3 Å². The van der Waals surface area contributed by atoms with Crippen molar-refractivity contribution in [3.05, 3.63) is 35.4 Å². The molecule has 1 aromatic rings. The molecule has 0 aliphatic heterocycles. The minimum atomic E-state index is -5.61. The van der Waals surface area contributed by atoms with E-state index < -0.39 is 23.3 Å². The van der Waals surface area contributed by atoms with E-state index in [0.29, 0.717) is 30.5 Å². The summed E-state index contributed by atoms with van der Waals surface area (Å²) in [5.41, 5.74) is -1.77. The van der Waals surface area contributed by atoms with Crippen LogP contribution in [0.15, 0.2) is 24.3 Å². The van der Waals surface area contributed by atoms with Crippen molar-refractivity contribution in [2.24, 2.45) is 0 Å². The zero-order valence-electron chi connectivity index (χ0n) is 8.56. The van der Waals surface area contributed by atoms with Crippen LogP contribution < -0.4 is 0 Å². The van der Waals surface area contributed by atoms with Gasteiger partial charge in [0.05, 0.1) is 5.60 Å². The van der Waals surface area contributed by atoms with Crippen molar-refractivity contribution in [2.75, 3.05) is 0 Å². The molecule has 1 aromatic carbocycles. The SMILES string of the molecule is OC1(c2ccc(C(F)(F)C(F)(F)F)cc2)CC1. The molecule has 2 rings (SSSR count). The first-order chi connectivity index (χ1) is 7.67. The molecule has 94 valence electrons. The van der Waals surface area contributed by atoms with Gasteiger partial charge in [-0.2, -0.15) is 22.0 Å². The molecule has 1 aliphatic carbocycles. The van der Waals surface area contributed by atoms with Crippen LogP contribution in [0.3, 0.4) is 0 Å². The molecule has 0 aromatic heterocycles. The number of hydrogen-bond donors (Lipinski definition) is 1. The zero-order chi connectivity index (χ0) is 12.9. The Morgan fingerprint density at radius 3 is 1.76 bits per heavy atom. The van der Waals surface area contributed by atoms with Crippen LogP contribution in [-0.4, -0.2) is 11.3 Å². The van der Waals surface area contributed by atoms with Crippen LogP contribution in [-0.2, 0) is 11.5 Å². The first-order valence-corrected chi connectivity index (χ1v) is 4.95. The summed E-state index contributed by atoms with van der Waals surface area (Å²) in [5.74, 6) is -4.86. The molecule has 1 N–H and O–H groups in total. The molecular weight excluding hydrogens is 243 g/mol. The maximum Gasteiger partial charge on any atom is 0.458 e. The van der Waals surface area contributed by atoms with Gasteiger partial charge in [0.2, 0.25) is 0 Å². The van der Waals surface area contributed by atoms with E-state index in [1.807, 2.05) is 0 Å². The molecule has 1 aliphatic rings. The lowest BCUT2D eigenvalue weighted by Crippen LogP contribution is -2.33. The van der Waals surface area contributed by atoms with E-state index in [9.17, 15) is 27.1 Å². The lowest BCUT2D eigenvalue weighted by Gasteiger charge is -2.20. The molecule has 6 heteroatoms. The van der Waals surface area contributed by atoms with Crippen molar-refractivity contribution >= 4 is 0 Å². The molecule has 0 saturated heterocycles. The standard InChI is InChI=1S/C11H9F5O/c12-10(13,11(14,15)16)8-3-1-7(2-4-8)9(17)5-6-9/h1-4,17H,5-6H2.